The molecular weight excluding hydrogens is 164 g/mol. The van der Waals surface area contributed by atoms with Crippen molar-refractivity contribution in [2.24, 2.45) is 10.9 Å². The van der Waals surface area contributed by atoms with E-state index in [1.165, 1.54) is 12.8 Å². The van der Waals surface area contributed by atoms with Gasteiger partial charge in [0.1, 0.15) is 6.10 Å². The number of ether oxygens (including phenoxy) is 1. The van der Waals surface area contributed by atoms with Gasteiger partial charge in [0.15, 0.2) is 5.90 Å². The quantitative estimate of drug-likeness (QED) is 0.696. The molecule has 2 rings (SSSR count). The molecule has 0 saturated carbocycles. The van der Waals surface area contributed by atoms with E-state index in [-0.39, 0.29) is 0 Å². The summed E-state index contributed by atoms with van der Waals surface area (Å²) in [7, 11) is 0. The van der Waals surface area contributed by atoms with Gasteiger partial charge in [-0.05, 0) is 25.8 Å². The van der Waals surface area contributed by atoms with Gasteiger partial charge < -0.3 is 10.1 Å². The molecule has 0 spiro atoms. The SMILES string of the molecule is CCC1CN=C(C2CCCNC2)O1. The highest BCUT2D eigenvalue weighted by atomic mass is 16.5. The largest absolute Gasteiger partial charge is 0.475 e. The normalized spacial score (nSPS) is 34.1. The lowest BCUT2D eigenvalue weighted by molar-refractivity contribution is 0.201. The fraction of sp³-hybridized carbons (Fsp3) is 0.900. The summed E-state index contributed by atoms with van der Waals surface area (Å²) in [5, 5.41) is 3.38. The van der Waals surface area contributed by atoms with Gasteiger partial charge in [-0.1, -0.05) is 6.92 Å². The molecule has 3 heteroatoms. The fourth-order valence-electron chi connectivity index (χ4n) is 1.94. The smallest absolute Gasteiger partial charge is 0.188 e. The van der Waals surface area contributed by atoms with Gasteiger partial charge in [-0.3, -0.25) is 4.99 Å². The van der Waals surface area contributed by atoms with Crippen molar-refractivity contribution in [3.05, 3.63) is 0 Å². The van der Waals surface area contributed by atoms with Crippen LogP contribution in [0.4, 0.5) is 0 Å². The standard InChI is InChI=1S/C10H18N2O/c1-2-9-7-12-10(13-9)8-4-3-5-11-6-8/h8-9,11H,2-7H2,1H3. The summed E-state index contributed by atoms with van der Waals surface area (Å²) in [6.07, 6.45) is 3.93. The van der Waals surface area contributed by atoms with Crippen LogP contribution in [0.3, 0.4) is 0 Å². The number of rotatable bonds is 2. The Balaban J connectivity index is 1.87. The minimum Gasteiger partial charge on any atom is -0.475 e. The van der Waals surface area contributed by atoms with Crippen LogP contribution in [0, 0.1) is 5.92 Å². The number of nitrogens with zero attached hydrogens (tertiary/aromatic N) is 1. The summed E-state index contributed by atoms with van der Waals surface area (Å²) < 4.78 is 5.76. The first-order chi connectivity index (χ1) is 6.40. The molecule has 13 heavy (non-hydrogen) atoms. The zero-order chi connectivity index (χ0) is 9.10. The second kappa shape index (κ2) is 4.09. The third-order valence-electron chi connectivity index (χ3n) is 2.84. The van der Waals surface area contributed by atoms with Crippen molar-refractivity contribution in [3.8, 4) is 0 Å². The monoisotopic (exact) mass is 182 g/mol. The summed E-state index contributed by atoms with van der Waals surface area (Å²) in [6.45, 7) is 5.24. The Hall–Kier alpha value is -0.570. The Kier molecular flexibility index (Phi) is 2.83. The second-order valence-electron chi connectivity index (χ2n) is 3.87. The average Bonchev–Trinajstić information content (AvgIpc) is 2.67. The number of hydrogen-bond acceptors (Lipinski definition) is 3. The van der Waals surface area contributed by atoms with E-state index in [0.29, 0.717) is 12.0 Å². The van der Waals surface area contributed by atoms with Crippen LogP contribution in [0.2, 0.25) is 0 Å². The first-order valence-electron chi connectivity index (χ1n) is 5.32. The van der Waals surface area contributed by atoms with E-state index in [1.807, 2.05) is 0 Å². The molecule has 0 amide bonds. The van der Waals surface area contributed by atoms with Crippen molar-refractivity contribution in [3.63, 3.8) is 0 Å². The molecule has 0 aromatic carbocycles. The number of nitrogens with one attached hydrogen (secondary N) is 1. The van der Waals surface area contributed by atoms with Crippen LogP contribution < -0.4 is 5.32 Å². The minimum atomic E-state index is 0.358. The Morgan fingerprint density at radius 3 is 3.15 bits per heavy atom. The van der Waals surface area contributed by atoms with Crippen LogP contribution in [-0.4, -0.2) is 31.6 Å². The van der Waals surface area contributed by atoms with E-state index in [9.17, 15) is 0 Å². The van der Waals surface area contributed by atoms with E-state index in [4.69, 9.17) is 4.74 Å². The maximum atomic E-state index is 5.76. The van der Waals surface area contributed by atoms with Gasteiger partial charge in [0.25, 0.3) is 0 Å². The number of aliphatic imine (C=N–C) groups is 1. The molecule has 2 heterocycles. The van der Waals surface area contributed by atoms with E-state index < -0.39 is 0 Å². The summed E-state index contributed by atoms with van der Waals surface area (Å²) in [5.41, 5.74) is 0. The van der Waals surface area contributed by atoms with Crippen molar-refractivity contribution < 1.29 is 4.74 Å². The van der Waals surface area contributed by atoms with Crippen LogP contribution in [0.25, 0.3) is 0 Å². The maximum absolute atomic E-state index is 5.76. The van der Waals surface area contributed by atoms with E-state index in [2.05, 4.69) is 17.2 Å². The van der Waals surface area contributed by atoms with Gasteiger partial charge >= 0.3 is 0 Å². The maximum Gasteiger partial charge on any atom is 0.188 e. The summed E-state index contributed by atoms with van der Waals surface area (Å²) in [4.78, 5) is 4.47. The lowest BCUT2D eigenvalue weighted by atomic mass is 10.00. The Morgan fingerprint density at radius 1 is 1.62 bits per heavy atom. The molecule has 2 aliphatic rings. The Morgan fingerprint density at radius 2 is 2.54 bits per heavy atom. The lowest BCUT2D eigenvalue weighted by Crippen LogP contribution is -2.35. The molecule has 74 valence electrons. The van der Waals surface area contributed by atoms with E-state index in [1.54, 1.807) is 0 Å². The van der Waals surface area contributed by atoms with Crippen LogP contribution in [0.5, 0.6) is 0 Å². The van der Waals surface area contributed by atoms with Gasteiger partial charge in [-0.2, -0.15) is 0 Å². The van der Waals surface area contributed by atoms with E-state index >= 15 is 0 Å². The molecule has 1 fully saturated rings. The zero-order valence-electron chi connectivity index (χ0n) is 8.25. The highest BCUT2D eigenvalue weighted by Crippen LogP contribution is 2.19. The molecular formula is C10H18N2O. The molecule has 0 aromatic rings. The number of piperidine rings is 1. The molecule has 0 radical (unpaired) electrons. The average molecular weight is 182 g/mol. The summed E-state index contributed by atoms with van der Waals surface area (Å²) in [6, 6.07) is 0. The molecule has 0 bridgehead atoms. The lowest BCUT2D eigenvalue weighted by Gasteiger charge is -2.22. The third-order valence-corrected chi connectivity index (χ3v) is 2.84. The van der Waals surface area contributed by atoms with Crippen LogP contribution >= 0.6 is 0 Å². The topological polar surface area (TPSA) is 33.6 Å². The third kappa shape index (κ3) is 2.02. The van der Waals surface area contributed by atoms with Crippen molar-refractivity contribution in [2.45, 2.75) is 32.3 Å². The summed E-state index contributed by atoms with van der Waals surface area (Å²) >= 11 is 0. The molecule has 2 unspecified atom stereocenters. The molecule has 2 atom stereocenters. The molecule has 0 aromatic heterocycles. The predicted octanol–water partition coefficient (Wildman–Crippen LogP) is 1.19. The van der Waals surface area contributed by atoms with Crippen molar-refractivity contribution >= 4 is 5.90 Å². The van der Waals surface area contributed by atoms with Crippen LogP contribution in [0.1, 0.15) is 26.2 Å². The number of hydrogen-bond donors (Lipinski definition) is 1. The molecule has 3 nitrogen and oxygen atoms in total. The first-order valence-corrected chi connectivity index (χ1v) is 5.32. The van der Waals surface area contributed by atoms with Gasteiger partial charge in [0, 0.05) is 12.5 Å². The Labute approximate surface area is 79.6 Å². The van der Waals surface area contributed by atoms with Gasteiger partial charge in [0.2, 0.25) is 0 Å². The highest BCUT2D eigenvalue weighted by Gasteiger charge is 2.26. The van der Waals surface area contributed by atoms with Crippen LogP contribution in [0.15, 0.2) is 4.99 Å². The molecule has 0 aliphatic carbocycles. The van der Waals surface area contributed by atoms with E-state index in [0.717, 1.165) is 32.0 Å². The highest BCUT2D eigenvalue weighted by molar-refractivity contribution is 5.80. The van der Waals surface area contributed by atoms with Gasteiger partial charge in [0.05, 0.1) is 6.54 Å². The van der Waals surface area contributed by atoms with Crippen molar-refractivity contribution in [1.82, 2.24) is 5.32 Å². The fourth-order valence-corrected chi connectivity index (χ4v) is 1.94. The first kappa shape index (κ1) is 9.00. The summed E-state index contributed by atoms with van der Waals surface area (Å²) in [5.74, 6) is 1.56. The predicted molar refractivity (Wildman–Crippen MR) is 53.1 cm³/mol. The van der Waals surface area contributed by atoms with Crippen LogP contribution in [-0.2, 0) is 4.74 Å². The minimum absolute atomic E-state index is 0.358. The van der Waals surface area contributed by atoms with Crippen molar-refractivity contribution in [1.29, 1.82) is 0 Å². The van der Waals surface area contributed by atoms with Crippen molar-refractivity contribution in [2.75, 3.05) is 19.6 Å². The second-order valence-corrected chi connectivity index (χ2v) is 3.87. The Bertz CT molecular complexity index is 197. The molecule has 2 aliphatic heterocycles. The van der Waals surface area contributed by atoms with Gasteiger partial charge in [-0.25, -0.2) is 0 Å². The molecule has 1 N–H and O–H groups in total. The van der Waals surface area contributed by atoms with Gasteiger partial charge in [-0.15, -0.1) is 0 Å². The zero-order valence-corrected chi connectivity index (χ0v) is 8.25. The molecule has 1 saturated heterocycles.